The van der Waals surface area contributed by atoms with Crippen LogP contribution in [0.15, 0.2) is 47.6 Å². The molecule has 0 aliphatic rings. The van der Waals surface area contributed by atoms with Crippen molar-refractivity contribution in [3.63, 3.8) is 0 Å². The highest BCUT2D eigenvalue weighted by molar-refractivity contribution is 14.0. The van der Waals surface area contributed by atoms with Crippen molar-refractivity contribution >= 4 is 29.9 Å². The summed E-state index contributed by atoms with van der Waals surface area (Å²) in [5.41, 5.74) is 1.43. The van der Waals surface area contributed by atoms with E-state index in [4.69, 9.17) is 4.74 Å². The molecule has 0 unspecified atom stereocenters. The minimum atomic E-state index is -0.328. The molecular weight excluding hydrogens is 422 g/mol. The van der Waals surface area contributed by atoms with Crippen LogP contribution in [0.3, 0.4) is 0 Å². The summed E-state index contributed by atoms with van der Waals surface area (Å²) in [6.07, 6.45) is 1.57. The van der Waals surface area contributed by atoms with Gasteiger partial charge in [0, 0.05) is 12.7 Å². The standard InChI is InChI=1S/C17H21FN4O.HI/c1-3-19-17(22-12-16-15(18)5-4-10-20-16)21-11-13-6-8-14(23-2)9-7-13;/h4-10H,3,11-12H2,1-2H3,(H2,19,21,22);1H. The molecule has 2 N–H and O–H groups in total. The van der Waals surface area contributed by atoms with Crippen molar-refractivity contribution in [2.75, 3.05) is 13.7 Å². The number of aromatic nitrogens is 1. The number of ether oxygens (including phenoxy) is 1. The number of pyridine rings is 1. The quantitative estimate of drug-likeness (QED) is 0.409. The van der Waals surface area contributed by atoms with Crippen LogP contribution >= 0.6 is 24.0 Å². The molecule has 0 bridgehead atoms. The fraction of sp³-hybridized carbons (Fsp3) is 0.294. The number of methoxy groups -OCH3 is 1. The second-order valence-corrected chi connectivity index (χ2v) is 4.83. The first-order valence-electron chi connectivity index (χ1n) is 7.47. The van der Waals surface area contributed by atoms with Crippen molar-refractivity contribution in [2.45, 2.75) is 20.0 Å². The van der Waals surface area contributed by atoms with Gasteiger partial charge in [0.25, 0.3) is 0 Å². The normalized spacial score (nSPS) is 10.7. The Morgan fingerprint density at radius 2 is 1.96 bits per heavy atom. The van der Waals surface area contributed by atoms with E-state index in [1.54, 1.807) is 19.4 Å². The van der Waals surface area contributed by atoms with Crippen LogP contribution in [-0.2, 0) is 13.1 Å². The third kappa shape index (κ3) is 6.31. The van der Waals surface area contributed by atoms with E-state index < -0.39 is 0 Å². The first-order valence-corrected chi connectivity index (χ1v) is 7.47. The van der Waals surface area contributed by atoms with Crippen molar-refractivity contribution in [3.8, 4) is 5.75 Å². The van der Waals surface area contributed by atoms with E-state index in [9.17, 15) is 4.39 Å². The molecule has 0 spiro atoms. The number of nitrogens with zero attached hydrogens (tertiary/aromatic N) is 2. The first-order chi connectivity index (χ1) is 11.2. The average molecular weight is 444 g/mol. The van der Waals surface area contributed by atoms with E-state index in [1.165, 1.54) is 6.07 Å². The molecule has 1 heterocycles. The molecule has 0 saturated carbocycles. The molecule has 0 amide bonds. The van der Waals surface area contributed by atoms with Crippen molar-refractivity contribution in [2.24, 2.45) is 4.99 Å². The molecule has 5 nitrogen and oxygen atoms in total. The fourth-order valence-corrected chi connectivity index (χ4v) is 1.96. The summed E-state index contributed by atoms with van der Waals surface area (Å²) in [7, 11) is 1.64. The highest BCUT2D eigenvalue weighted by Crippen LogP contribution is 2.11. The van der Waals surface area contributed by atoms with Crippen LogP contribution in [0, 0.1) is 5.82 Å². The van der Waals surface area contributed by atoms with Crippen LogP contribution < -0.4 is 15.4 Å². The van der Waals surface area contributed by atoms with Gasteiger partial charge in [0.15, 0.2) is 5.96 Å². The van der Waals surface area contributed by atoms with Gasteiger partial charge in [-0.05, 0) is 36.8 Å². The second-order valence-electron chi connectivity index (χ2n) is 4.83. The van der Waals surface area contributed by atoms with Crippen LogP contribution in [0.25, 0.3) is 0 Å². The monoisotopic (exact) mass is 444 g/mol. The lowest BCUT2D eigenvalue weighted by Gasteiger charge is -2.11. The summed E-state index contributed by atoms with van der Waals surface area (Å²) in [5, 5.41) is 6.21. The number of rotatable bonds is 6. The van der Waals surface area contributed by atoms with Crippen LogP contribution in [0.2, 0.25) is 0 Å². The Bertz CT molecular complexity index is 649. The third-order valence-corrected chi connectivity index (χ3v) is 3.18. The lowest BCUT2D eigenvalue weighted by molar-refractivity contribution is 0.414. The highest BCUT2D eigenvalue weighted by Gasteiger charge is 2.04. The van der Waals surface area contributed by atoms with Crippen LogP contribution in [0.4, 0.5) is 4.39 Å². The molecule has 2 aromatic rings. The largest absolute Gasteiger partial charge is 0.497 e. The maximum Gasteiger partial charge on any atom is 0.191 e. The van der Waals surface area contributed by atoms with E-state index in [1.807, 2.05) is 31.2 Å². The minimum absolute atomic E-state index is 0. The molecule has 0 radical (unpaired) electrons. The minimum Gasteiger partial charge on any atom is -0.497 e. The molecule has 130 valence electrons. The van der Waals surface area contributed by atoms with Gasteiger partial charge in [-0.15, -0.1) is 24.0 Å². The number of halogens is 2. The topological polar surface area (TPSA) is 58.5 Å². The maximum absolute atomic E-state index is 13.6. The zero-order valence-corrected chi connectivity index (χ0v) is 16.1. The van der Waals surface area contributed by atoms with Gasteiger partial charge < -0.3 is 15.4 Å². The van der Waals surface area contributed by atoms with E-state index in [-0.39, 0.29) is 36.3 Å². The number of hydrogen-bond donors (Lipinski definition) is 2. The Morgan fingerprint density at radius 1 is 1.21 bits per heavy atom. The molecule has 0 fully saturated rings. The van der Waals surface area contributed by atoms with Gasteiger partial charge >= 0.3 is 0 Å². The zero-order valence-electron chi connectivity index (χ0n) is 13.8. The molecule has 0 atom stereocenters. The highest BCUT2D eigenvalue weighted by atomic mass is 127. The number of aliphatic imine (C=N–C) groups is 1. The molecular formula is C17H22FIN4O. The fourth-order valence-electron chi connectivity index (χ4n) is 1.96. The van der Waals surface area contributed by atoms with Gasteiger partial charge in [0.05, 0.1) is 25.9 Å². The van der Waals surface area contributed by atoms with Gasteiger partial charge in [-0.1, -0.05) is 12.1 Å². The van der Waals surface area contributed by atoms with E-state index >= 15 is 0 Å². The van der Waals surface area contributed by atoms with Crippen molar-refractivity contribution in [1.29, 1.82) is 0 Å². The summed E-state index contributed by atoms with van der Waals surface area (Å²) in [6, 6.07) is 10.7. The molecule has 0 saturated heterocycles. The van der Waals surface area contributed by atoms with Crippen LogP contribution in [-0.4, -0.2) is 24.6 Å². The van der Waals surface area contributed by atoms with Crippen molar-refractivity contribution in [1.82, 2.24) is 15.6 Å². The van der Waals surface area contributed by atoms with Gasteiger partial charge in [0.2, 0.25) is 0 Å². The summed E-state index contributed by atoms with van der Waals surface area (Å²) in [6.45, 7) is 3.50. The first kappa shape index (κ1) is 20.1. The smallest absolute Gasteiger partial charge is 0.191 e. The second kappa shape index (κ2) is 10.8. The number of guanidine groups is 1. The summed E-state index contributed by atoms with van der Waals surface area (Å²) >= 11 is 0. The maximum atomic E-state index is 13.6. The molecule has 1 aromatic carbocycles. The lowest BCUT2D eigenvalue weighted by atomic mass is 10.2. The van der Waals surface area contributed by atoms with E-state index in [0.717, 1.165) is 17.9 Å². The Hall–Kier alpha value is -1.90. The summed E-state index contributed by atoms with van der Waals surface area (Å²) in [4.78, 5) is 8.50. The predicted octanol–water partition coefficient (Wildman–Crippen LogP) is 3.10. The molecule has 7 heteroatoms. The Balaban J connectivity index is 0.00000288. The molecule has 0 aliphatic heterocycles. The predicted molar refractivity (Wildman–Crippen MR) is 104 cm³/mol. The van der Waals surface area contributed by atoms with E-state index in [0.29, 0.717) is 18.2 Å². The SMILES string of the molecule is CCNC(=NCc1ccc(OC)cc1)NCc1ncccc1F.I. The summed E-state index contributed by atoms with van der Waals surface area (Å²) in [5.74, 6) is 1.10. The Morgan fingerprint density at radius 3 is 2.58 bits per heavy atom. The molecule has 0 aliphatic carbocycles. The lowest BCUT2D eigenvalue weighted by Crippen LogP contribution is -2.37. The van der Waals surface area contributed by atoms with Crippen LogP contribution in [0.5, 0.6) is 5.75 Å². The Labute approximate surface area is 158 Å². The van der Waals surface area contributed by atoms with Gasteiger partial charge in [-0.3, -0.25) is 4.98 Å². The van der Waals surface area contributed by atoms with Crippen molar-refractivity contribution in [3.05, 3.63) is 59.7 Å². The van der Waals surface area contributed by atoms with Crippen LogP contribution in [0.1, 0.15) is 18.2 Å². The molecule has 24 heavy (non-hydrogen) atoms. The third-order valence-electron chi connectivity index (χ3n) is 3.18. The Kier molecular flexibility index (Phi) is 9.06. The van der Waals surface area contributed by atoms with E-state index in [2.05, 4.69) is 20.6 Å². The molecule has 1 aromatic heterocycles. The summed E-state index contributed by atoms with van der Waals surface area (Å²) < 4.78 is 18.7. The number of benzene rings is 1. The van der Waals surface area contributed by atoms with Crippen molar-refractivity contribution < 1.29 is 9.13 Å². The number of hydrogen-bond acceptors (Lipinski definition) is 3. The van der Waals surface area contributed by atoms with Gasteiger partial charge in [-0.2, -0.15) is 0 Å². The van der Waals surface area contributed by atoms with Gasteiger partial charge in [-0.25, -0.2) is 9.38 Å². The van der Waals surface area contributed by atoms with Gasteiger partial charge in [0.1, 0.15) is 11.6 Å². The zero-order chi connectivity index (χ0) is 16.5. The number of nitrogens with one attached hydrogen (secondary N) is 2. The molecule has 2 rings (SSSR count). The average Bonchev–Trinajstić information content (AvgIpc) is 2.59.